The van der Waals surface area contributed by atoms with E-state index in [4.69, 9.17) is 0 Å². The van der Waals surface area contributed by atoms with Crippen LogP contribution < -0.4 is 9.80 Å². The van der Waals surface area contributed by atoms with Crippen LogP contribution in [0.1, 0.15) is 11.1 Å². The van der Waals surface area contributed by atoms with Crippen LogP contribution in [0.15, 0.2) is 77.7 Å². The maximum Gasteiger partial charge on any atom is 0.416 e. The van der Waals surface area contributed by atoms with Crippen molar-refractivity contribution in [2.24, 2.45) is 0 Å². The summed E-state index contributed by atoms with van der Waals surface area (Å²) in [5, 5.41) is 0. The van der Waals surface area contributed by atoms with Crippen LogP contribution in [0.25, 0.3) is 0 Å². The molecule has 0 atom stereocenters. The topological polar surface area (TPSA) is 57.7 Å². The smallest absolute Gasteiger partial charge is 0.356 e. The molecule has 0 radical (unpaired) electrons. The molecule has 32 heavy (non-hydrogen) atoms. The molecule has 0 fully saturated rings. The van der Waals surface area contributed by atoms with E-state index < -0.39 is 21.6 Å². The molecule has 1 heterocycles. The van der Waals surface area contributed by atoms with Gasteiger partial charge in [0.2, 0.25) is 0 Å². The van der Waals surface area contributed by atoms with Crippen LogP contribution in [0.3, 0.4) is 0 Å². The number of fused-ring (bicyclic) bond motifs is 1. The zero-order valence-electron chi connectivity index (χ0n) is 17.0. The average molecular weight is 460 g/mol. The second-order valence-electron chi connectivity index (χ2n) is 7.54. The lowest BCUT2D eigenvalue weighted by molar-refractivity contribution is -0.137. The summed E-state index contributed by atoms with van der Waals surface area (Å²) in [5.41, 5.74) is 1.29. The van der Waals surface area contributed by atoms with Gasteiger partial charge in [0.05, 0.1) is 28.4 Å². The van der Waals surface area contributed by atoms with E-state index in [1.54, 1.807) is 36.4 Å². The predicted molar refractivity (Wildman–Crippen MR) is 116 cm³/mol. The maximum atomic E-state index is 13.2. The van der Waals surface area contributed by atoms with Gasteiger partial charge in [0.15, 0.2) is 9.84 Å². The number of hydrogen-bond donors (Lipinski definition) is 0. The Balaban J connectivity index is 1.68. The molecule has 5 nitrogen and oxygen atoms in total. The Morgan fingerprint density at radius 1 is 0.906 bits per heavy atom. The molecule has 1 aliphatic rings. The number of alkyl halides is 3. The van der Waals surface area contributed by atoms with Gasteiger partial charge in [-0.15, -0.1) is 0 Å². The highest BCUT2D eigenvalue weighted by Gasteiger charge is 2.34. The summed E-state index contributed by atoms with van der Waals surface area (Å²) in [4.78, 5) is 16.3. The Hall–Kier alpha value is -3.33. The van der Waals surface area contributed by atoms with E-state index in [0.717, 1.165) is 24.0 Å². The fraction of sp³-hybridized carbons (Fsp3) is 0.174. The lowest BCUT2D eigenvalue weighted by Crippen LogP contribution is -2.43. The zero-order chi connectivity index (χ0) is 23.1. The first-order valence-electron chi connectivity index (χ1n) is 9.67. The largest absolute Gasteiger partial charge is 0.416 e. The summed E-state index contributed by atoms with van der Waals surface area (Å²) >= 11 is 0. The Labute approximate surface area is 183 Å². The van der Waals surface area contributed by atoms with Crippen molar-refractivity contribution in [1.29, 1.82) is 0 Å². The third kappa shape index (κ3) is 4.34. The van der Waals surface area contributed by atoms with Gasteiger partial charge >= 0.3 is 6.18 Å². The van der Waals surface area contributed by atoms with E-state index in [2.05, 4.69) is 0 Å². The summed E-state index contributed by atoms with van der Waals surface area (Å²) < 4.78 is 62.9. The third-order valence-corrected chi connectivity index (χ3v) is 6.32. The number of nitrogens with zero attached hydrogens (tertiary/aromatic N) is 2. The van der Waals surface area contributed by atoms with Crippen molar-refractivity contribution in [2.75, 3.05) is 22.6 Å². The number of benzene rings is 3. The van der Waals surface area contributed by atoms with Gasteiger partial charge in [-0.25, -0.2) is 8.42 Å². The molecule has 0 aromatic heterocycles. The van der Waals surface area contributed by atoms with E-state index in [1.165, 1.54) is 29.2 Å². The molecule has 0 spiro atoms. The minimum atomic E-state index is -4.52. The van der Waals surface area contributed by atoms with Gasteiger partial charge in [-0.2, -0.15) is 13.2 Å². The standard InChI is InChI=1S/C23H19F3N2O3S/c1-32(30,31)19-11-9-16(10-12-19)14-27-15-22(29)28(21-8-3-2-7-20(21)27)18-6-4-5-17(13-18)23(24,25)26/h2-13H,14-15H2,1H3. The monoisotopic (exact) mass is 460 g/mol. The molecule has 9 heteroatoms. The van der Waals surface area contributed by atoms with Crippen molar-refractivity contribution in [3.8, 4) is 0 Å². The SMILES string of the molecule is CS(=O)(=O)c1ccc(CN2CC(=O)N(c3cccc(C(F)(F)F)c3)c3ccccc32)cc1. The number of hydrogen-bond acceptors (Lipinski definition) is 4. The van der Waals surface area contributed by atoms with Crippen LogP contribution in [-0.4, -0.2) is 27.1 Å². The Kier molecular flexibility index (Phi) is 5.46. The summed E-state index contributed by atoms with van der Waals surface area (Å²) in [6.45, 7) is 0.296. The summed E-state index contributed by atoms with van der Waals surface area (Å²) in [7, 11) is -3.32. The summed E-state index contributed by atoms with van der Waals surface area (Å²) in [6.07, 6.45) is -3.39. The molecule has 166 valence electrons. The number of halogens is 3. The van der Waals surface area contributed by atoms with Gasteiger partial charge in [0.25, 0.3) is 5.91 Å². The molecule has 1 aliphatic heterocycles. The fourth-order valence-corrected chi connectivity index (χ4v) is 4.31. The molecule has 3 aromatic carbocycles. The Morgan fingerprint density at radius 2 is 1.56 bits per heavy atom. The summed E-state index contributed by atoms with van der Waals surface area (Å²) in [6, 6.07) is 18.1. The van der Waals surface area contributed by atoms with Crippen molar-refractivity contribution in [3.05, 3.63) is 83.9 Å². The predicted octanol–water partition coefficient (Wildman–Crippen LogP) is 4.79. The van der Waals surface area contributed by atoms with E-state index in [-0.39, 0.29) is 23.0 Å². The first-order chi connectivity index (χ1) is 15.0. The summed E-state index contributed by atoms with van der Waals surface area (Å²) in [5.74, 6) is -0.365. The highest BCUT2D eigenvalue weighted by Crippen LogP contribution is 2.40. The molecule has 0 aliphatic carbocycles. The molecule has 0 bridgehead atoms. The lowest BCUT2D eigenvalue weighted by Gasteiger charge is -2.37. The first kappa shape index (κ1) is 21.9. The Morgan fingerprint density at radius 3 is 2.19 bits per heavy atom. The van der Waals surface area contributed by atoms with Crippen LogP contribution >= 0.6 is 0 Å². The van der Waals surface area contributed by atoms with Crippen LogP contribution in [-0.2, 0) is 27.4 Å². The van der Waals surface area contributed by atoms with Crippen LogP contribution in [0.2, 0.25) is 0 Å². The van der Waals surface area contributed by atoms with Crippen molar-refractivity contribution >= 4 is 32.8 Å². The molecule has 0 unspecified atom stereocenters. The number of anilines is 3. The van der Waals surface area contributed by atoms with Crippen molar-refractivity contribution in [2.45, 2.75) is 17.6 Å². The number of sulfone groups is 1. The zero-order valence-corrected chi connectivity index (χ0v) is 17.8. The lowest BCUT2D eigenvalue weighted by atomic mass is 10.1. The highest BCUT2D eigenvalue weighted by atomic mass is 32.2. The van der Waals surface area contributed by atoms with Gasteiger partial charge in [-0.1, -0.05) is 30.3 Å². The fourth-order valence-electron chi connectivity index (χ4n) is 3.68. The molecular formula is C23H19F3N2O3S. The molecular weight excluding hydrogens is 441 g/mol. The minimum Gasteiger partial charge on any atom is -0.356 e. The van der Waals surface area contributed by atoms with Crippen LogP contribution in [0.5, 0.6) is 0 Å². The number of carbonyl (C=O) groups excluding carboxylic acids is 1. The van der Waals surface area contributed by atoms with Gasteiger partial charge in [-0.3, -0.25) is 9.69 Å². The number of rotatable bonds is 4. The van der Waals surface area contributed by atoms with E-state index in [9.17, 15) is 26.4 Å². The molecule has 0 saturated carbocycles. The van der Waals surface area contributed by atoms with Crippen molar-refractivity contribution < 1.29 is 26.4 Å². The third-order valence-electron chi connectivity index (χ3n) is 5.20. The second kappa shape index (κ2) is 7.98. The number of amides is 1. The quantitative estimate of drug-likeness (QED) is 0.562. The van der Waals surface area contributed by atoms with E-state index >= 15 is 0 Å². The van der Waals surface area contributed by atoms with Crippen LogP contribution in [0.4, 0.5) is 30.2 Å². The van der Waals surface area contributed by atoms with Gasteiger partial charge in [0, 0.05) is 18.5 Å². The van der Waals surface area contributed by atoms with Crippen molar-refractivity contribution in [3.63, 3.8) is 0 Å². The molecule has 3 aromatic rings. The average Bonchev–Trinajstić information content (AvgIpc) is 2.73. The van der Waals surface area contributed by atoms with E-state index in [1.807, 2.05) is 4.90 Å². The first-order valence-corrected chi connectivity index (χ1v) is 11.6. The highest BCUT2D eigenvalue weighted by molar-refractivity contribution is 7.90. The molecule has 4 rings (SSSR count). The second-order valence-corrected chi connectivity index (χ2v) is 9.55. The van der Waals surface area contributed by atoms with Gasteiger partial charge in [-0.05, 0) is 48.0 Å². The van der Waals surface area contributed by atoms with Gasteiger partial charge in [0.1, 0.15) is 0 Å². The van der Waals surface area contributed by atoms with Gasteiger partial charge < -0.3 is 4.90 Å². The molecule has 1 amide bonds. The number of para-hydroxylation sites is 2. The normalized spacial score (nSPS) is 14.4. The molecule has 0 N–H and O–H groups in total. The minimum absolute atomic E-state index is 0.0406. The van der Waals surface area contributed by atoms with Crippen LogP contribution in [0, 0.1) is 0 Å². The van der Waals surface area contributed by atoms with Crippen molar-refractivity contribution in [1.82, 2.24) is 0 Å². The number of carbonyl (C=O) groups is 1. The molecule has 0 saturated heterocycles. The Bertz CT molecular complexity index is 1270. The van der Waals surface area contributed by atoms with E-state index in [0.29, 0.717) is 17.9 Å². The maximum absolute atomic E-state index is 13.2.